The molecular weight excluding hydrogens is 1120 g/mol. The molecule has 13 rings (SSSR count). The molecule has 3 aliphatic carbocycles. The van der Waals surface area contributed by atoms with Crippen molar-refractivity contribution >= 4 is 87.3 Å². The first-order valence-corrected chi connectivity index (χ1v) is 34.2. The van der Waals surface area contributed by atoms with Gasteiger partial charge in [0.25, 0.3) is 0 Å². The molecule has 0 unspecified atom stereocenters. The second-order valence-electron chi connectivity index (χ2n) is 25.6. The summed E-state index contributed by atoms with van der Waals surface area (Å²) in [4.78, 5) is 7.38. The fourth-order valence-corrected chi connectivity index (χ4v) is 14.5. The van der Waals surface area contributed by atoms with Crippen molar-refractivity contribution in [2.24, 2.45) is 0 Å². The van der Waals surface area contributed by atoms with E-state index in [4.69, 9.17) is 0 Å². The van der Waals surface area contributed by atoms with E-state index in [-0.39, 0.29) is 0 Å². The van der Waals surface area contributed by atoms with Crippen LogP contribution < -0.4 is 14.7 Å². The molecule has 10 aromatic rings. The number of hydrogen-bond donors (Lipinski definition) is 0. The van der Waals surface area contributed by atoms with E-state index in [1.807, 2.05) is 0 Å². The lowest BCUT2D eigenvalue weighted by atomic mass is 9.87. The molecule has 0 bridgehead atoms. The van der Waals surface area contributed by atoms with Crippen LogP contribution in [0, 0.1) is 20.8 Å². The first-order valence-electron chi connectivity index (χ1n) is 34.2. The molecule has 0 spiro atoms. The van der Waals surface area contributed by atoms with Crippen molar-refractivity contribution in [3.63, 3.8) is 0 Å². The van der Waals surface area contributed by atoms with Gasteiger partial charge in [0.15, 0.2) is 0 Å². The fraction of sp³-hybridized carbons (Fsp3) is 0.200. The quantitative estimate of drug-likeness (QED) is 0.0793. The van der Waals surface area contributed by atoms with E-state index in [1.54, 1.807) is 0 Å². The van der Waals surface area contributed by atoms with Crippen LogP contribution in [0.25, 0.3) is 53.2 Å². The van der Waals surface area contributed by atoms with E-state index in [0.29, 0.717) is 0 Å². The van der Waals surface area contributed by atoms with Gasteiger partial charge >= 0.3 is 0 Å². The predicted octanol–water partition coefficient (Wildman–Crippen LogP) is 24.4. The maximum Gasteiger partial charge on any atom is 0.0516 e. The van der Waals surface area contributed by atoms with E-state index >= 15 is 0 Å². The summed E-state index contributed by atoms with van der Waals surface area (Å²) < 4.78 is 0. The minimum Gasteiger partial charge on any atom is -0.316 e. The van der Waals surface area contributed by atoms with Gasteiger partial charge in [-0.1, -0.05) is 221 Å². The van der Waals surface area contributed by atoms with E-state index < -0.39 is 0 Å². The lowest BCUT2D eigenvalue weighted by Crippen LogP contribution is -2.15. The summed E-state index contributed by atoms with van der Waals surface area (Å²) in [6, 6.07) is 81.5. The first kappa shape index (κ1) is 61.9. The third-order valence-electron chi connectivity index (χ3n) is 19.4. The zero-order valence-electron chi connectivity index (χ0n) is 55.3. The molecular formula is C90H87N3. The molecule has 462 valence electrons. The van der Waals surface area contributed by atoms with Crippen LogP contribution in [-0.2, 0) is 38.5 Å². The van der Waals surface area contributed by atoms with Crippen LogP contribution in [0.1, 0.15) is 159 Å². The van der Waals surface area contributed by atoms with Crippen LogP contribution in [-0.4, -0.2) is 0 Å². The number of para-hydroxylation sites is 3. The Balaban J connectivity index is 0.833. The molecule has 0 fully saturated rings. The van der Waals surface area contributed by atoms with Gasteiger partial charge in [-0.3, -0.25) is 0 Å². The Bertz CT molecular complexity index is 4030. The second-order valence-corrected chi connectivity index (χ2v) is 25.6. The molecule has 0 saturated carbocycles. The summed E-state index contributed by atoms with van der Waals surface area (Å²) >= 11 is 0. The van der Waals surface area contributed by atoms with Crippen LogP contribution in [0.5, 0.6) is 0 Å². The number of nitrogens with zero attached hydrogens (tertiary/aromatic N) is 3. The Morgan fingerprint density at radius 3 is 0.828 bits per heavy atom. The number of rotatable bonds is 18. The van der Waals surface area contributed by atoms with Gasteiger partial charge in [0.1, 0.15) is 0 Å². The summed E-state index contributed by atoms with van der Waals surface area (Å²) in [5.41, 5.74) is 34.7. The van der Waals surface area contributed by atoms with Crippen molar-refractivity contribution in [2.75, 3.05) is 14.7 Å². The molecule has 0 heterocycles. The van der Waals surface area contributed by atoms with E-state index in [1.165, 1.54) is 101 Å². The van der Waals surface area contributed by atoms with Crippen molar-refractivity contribution in [3.05, 3.63) is 337 Å². The average molecular weight is 1210 g/mol. The van der Waals surface area contributed by atoms with Crippen molar-refractivity contribution in [1.29, 1.82) is 0 Å². The van der Waals surface area contributed by atoms with Crippen LogP contribution in [0.3, 0.4) is 0 Å². The Morgan fingerprint density at radius 2 is 0.548 bits per heavy atom. The summed E-state index contributed by atoms with van der Waals surface area (Å²) in [6.07, 6.45) is 33.8. The second kappa shape index (κ2) is 28.7. The van der Waals surface area contributed by atoms with Gasteiger partial charge in [0.2, 0.25) is 0 Å². The van der Waals surface area contributed by atoms with Gasteiger partial charge in [-0.25, -0.2) is 0 Å². The SMILES string of the molecule is CCc1cccc(C)c1N(/C=C1/CCCc2ccccc21)c1ccc(/C=C/c2cc(/C=C/c3ccc(N(/C=C4\CCCc5ccccc54)c4c(C)cccc4CC)cc3)cc(/C=C/c3ccc(N(/C=C4\CCCc5ccccc54)c4c(C)cccc4CC)cc3)c2)cc1. The van der Waals surface area contributed by atoms with Gasteiger partial charge in [-0.05, 0) is 269 Å². The largest absolute Gasteiger partial charge is 0.316 e. The van der Waals surface area contributed by atoms with E-state index in [9.17, 15) is 0 Å². The standard InChI is InChI=1S/C90H87N3/c1-7-73-28-16-22-64(4)88(73)91(61-79-34-19-31-76-25-10-13-37-85(76)79)82-52-46-67(47-53-82)40-43-70-58-71(44-41-68-48-54-83(55-49-68)92(89-65(5)23-17-29-74(89)8-2)62-80-35-20-32-77-26-11-14-38-86(77)80)60-72(59-70)45-42-69-50-56-84(57-51-69)93(90-66(6)24-18-30-75(90)9-3)63-81-36-21-33-78-27-12-15-39-87(78)81/h10-18,22-30,37-63H,7-9,19-21,31-36H2,1-6H3/b43-40+,44-41+,45-42+,79-61-,80-62+,81-63+. The smallest absolute Gasteiger partial charge is 0.0516 e. The van der Waals surface area contributed by atoms with Crippen LogP contribution in [0.4, 0.5) is 34.1 Å². The van der Waals surface area contributed by atoms with Crippen LogP contribution in [0.2, 0.25) is 0 Å². The third kappa shape index (κ3) is 14.0. The number of hydrogen-bond acceptors (Lipinski definition) is 3. The molecule has 3 nitrogen and oxygen atoms in total. The van der Waals surface area contributed by atoms with Gasteiger partial charge < -0.3 is 14.7 Å². The molecule has 93 heavy (non-hydrogen) atoms. The highest BCUT2D eigenvalue weighted by Gasteiger charge is 2.23. The van der Waals surface area contributed by atoms with E-state index in [2.05, 4.69) is 330 Å². The fourth-order valence-electron chi connectivity index (χ4n) is 14.5. The Hall–Kier alpha value is -9.96. The summed E-state index contributed by atoms with van der Waals surface area (Å²) in [6.45, 7) is 13.6. The minimum absolute atomic E-state index is 0.960. The average Bonchev–Trinajstić information content (AvgIpc) is 0.903. The molecule has 0 amide bonds. The van der Waals surface area contributed by atoms with Gasteiger partial charge in [-0.15, -0.1) is 0 Å². The molecule has 3 aliphatic rings. The molecule has 0 N–H and O–H groups in total. The Morgan fingerprint density at radius 1 is 0.280 bits per heavy atom. The molecule has 0 aliphatic heterocycles. The third-order valence-corrected chi connectivity index (χ3v) is 19.4. The number of benzene rings is 10. The topological polar surface area (TPSA) is 9.72 Å². The van der Waals surface area contributed by atoms with Crippen LogP contribution in [0.15, 0.2) is 237 Å². The zero-order valence-corrected chi connectivity index (χ0v) is 55.3. The maximum atomic E-state index is 2.46. The number of aryl methyl sites for hydroxylation is 9. The van der Waals surface area contributed by atoms with Gasteiger partial charge in [0, 0.05) is 35.7 Å². The van der Waals surface area contributed by atoms with Crippen molar-refractivity contribution in [2.45, 2.75) is 119 Å². The molecule has 3 heteroatoms. The molecule has 0 atom stereocenters. The maximum absolute atomic E-state index is 2.46. The molecule has 0 radical (unpaired) electrons. The predicted molar refractivity (Wildman–Crippen MR) is 403 cm³/mol. The zero-order chi connectivity index (χ0) is 63.6. The number of anilines is 6. The first-order chi connectivity index (χ1) is 45.7. The van der Waals surface area contributed by atoms with Gasteiger partial charge in [-0.2, -0.15) is 0 Å². The minimum atomic E-state index is 0.960. The van der Waals surface area contributed by atoms with Crippen molar-refractivity contribution < 1.29 is 0 Å². The highest BCUT2D eigenvalue weighted by atomic mass is 15.1. The monoisotopic (exact) mass is 1210 g/mol. The Labute approximate surface area is 554 Å². The highest BCUT2D eigenvalue weighted by molar-refractivity contribution is 5.85. The molecule has 0 saturated heterocycles. The van der Waals surface area contributed by atoms with E-state index in [0.717, 1.165) is 127 Å². The normalized spacial score (nSPS) is 15.1. The van der Waals surface area contributed by atoms with Crippen molar-refractivity contribution in [3.8, 4) is 0 Å². The summed E-state index contributed by atoms with van der Waals surface area (Å²) in [7, 11) is 0. The number of fused-ring (bicyclic) bond motifs is 3. The lowest BCUT2D eigenvalue weighted by Gasteiger charge is -2.28. The summed E-state index contributed by atoms with van der Waals surface area (Å²) in [5.74, 6) is 0. The van der Waals surface area contributed by atoms with Gasteiger partial charge in [0.05, 0.1) is 17.1 Å². The lowest BCUT2D eigenvalue weighted by molar-refractivity contribution is 0.820. The molecule has 10 aromatic carbocycles. The highest BCUT2D eigenvalue weighted by Crippen LogP contribution is 2.42. The van der Waals surface area contributed by atoms with Crippen molar-refractivity contribution in [1.82, 2.24) is 0 Å². The Kier molecular flexibility index (Phi) is 19.1. The summed E-state index contributed by atoms with van der Waals surface area (Å²) in [5, 5.41) is 0. The number of allylic oxidation sites excluding steroid dienone is 3. The van der Waals surface area contributed by atoms with Crippen LogP contribution >= 0.6 is 0 Å². The molecule has 0 aromatic heterocycles.